The maximum absolute atomic E-state index is 12.0. The third kappa shape index (κ3) is 31.0. The summed E-state index contributed by atoms with van der Waals surface area (Å²) in [5, 5.41) is 22.9. The van der Waals surface area contributed by atoms with E-state index in [1.807, 2.05) is 0 Å². The van der Waals surface area contributed by atoms with E-state index in [0.717, 1.165) is 34.5 Å². The number of aliphatic hydroxyl groups excluding tert-OH is 2. The van der Waals surface area contributed by atoms with Crippen molar-refractivity contribution in [3.05, 3.63) is 0 Å². The number of rotatable bonds is 26. The fourth-order valence-electron chi connectivity index (χ4n) is 2.24. The SMILES string of the molecule is O=C(NCCSCCN=CS(=O)CCSCCSC(=O)NCCSCCN=CS(=O)CCCO)SCCCO. The van der Waals surface area contributed by atoms with E-state index in [1.165, 1.54) is 34.6 Å². The zero-order valence-electron chi connectivity index (χ0n) is 22.2. The van der Waals surface area contributed by atoms with Crippen LogP contribution in [-0.4, -0.2) is 137 Å². The Labute approximate surface area is 259 Å². The van der Waals surface area contributed by atoms with Crippen molar-refractivity contribution >= 4 is 102 Å². The molecular formula is C22H42N4O6S7. The quantitative estimate of drug-likeness (QED) is 0.0604. The number of nitrogens with one attached hydrogen (secondary N) is 2. The van der Waals surface area contributed by atoms with Gasteiger partial charge in [-0.05, 0) is 12.8 Å². The van der Waals surface area contributed by atoms with Gasteiger partial charge in [-0.25, -0.2) is 0 Å². The van der Waals surface area contributed by atoms with E-state index in [2.05, 4.69) is 20.6 Å². The Balaban J connectivity index is 3.48. The smallest absolute Gasteiger partial charge is 0.279 e. The van der Waals surface area contributed by atoms with Gasteiger partial charge in [0, 0.05) is 96.9 Å². The molecule has 39 heavy (non-hydrogen) atoms. The number of amides is 2. The minimum atomic E-state index is -1.11. The summed E-state index contributed by atoms with van der Waals surface area (Å²) in [6.45, 7) is 2.50. The Morgan fingerprint density at radius 2 is 1.15 bits per heavy atom. The van der Waals surface area contributed by atoms with Crippen molar-refractivity contribution in [3.63, 3.8) is 0 Å². The molecule has 0 aliphatic heterocycles. The number of carbonyl (C=O) groups is 2. The molecule has 0 saturated heterocycles. The van der Waals surface area contributed by atoms with Crippen LogP contribution in [0.4, 0.5) is 9.59 Å². The van der Waals surface area contributed by atoms with E-state index in [9.17, 15) is 18.0 Å². The van der Waals surface area contributed by atoms with Gasteiger partial charge in [-0.15, -0.1) is 0 Å². The largest absolute Gasteiger partial charge is 0.396 e. The lowest BCUT2D eigenvalue weighted by Crippen LogP contribution is -2.22. The molecule has 2 unspecified atom stereocenters. The van der Waals surface area contributed by atoms with E-state index in [1.54, 1.807) is 35.3 Å². The maximum atomic E-state index is 12.0. The van der Waals surface area contributed by atoms with Gasteiger partial charge in [0.15, 0.2) is 0 Å². The molecule has 2 amide bonds. The molecule has 0 aromatic rings. The van der Waals surface area contributed by atoms with Gasteiger partial charge in [0.2, 0.25) is 0 Å². The van der Waals surface area contributed by atoms with Gasteiger partial charge in [-0.2, -0.15) is 35.3 Å². The van der Waals surface area contributed by atoms with Crippen molar-refractivity contribution in [1.29, 1.82) is 0 Å². The fraction of sp³-hybridized carbons (Fsp3) is 0.818. The van der Waals surface area contributed by atoms with Crippen LogP contribution in [0.15, 0.2) is 9.98 Å². The standard InChI is InChI=1S/C22H42N4O6S7/c27-7-1-9-36-21(29)25-5-12-34-11-4-24-20-39(32)18-16-35-14-15-37-22(30)26-6-13-33-10-3-23-19-38(31)17-2-8-28/h19-20,27-28H,1-18H2,(H,25,29)(H,26,30). The van der Waals surface area contributed by atoms with Crippen molar-refractivity contribution in [3.8, 4) is 0 Å². The van der Waals surface area contributed by atoms with Crippen LogP contribution < -0.4 is 10.6 Å². The zero-order chi connectivity index (χ0) is 28.8. The first-order valence-electron chi connectivity index (χ1n) is 12.5. The molecule has 0 rings (SSSR count). The summed E-state index contributed by atoms with van der Waals surface area (Å²) in [6, 6.07) is 0. The lowest BCUT2D eigenvalue weighted by Gasteiger charge is -2.04. The van der Waals surface area contributed by atoms with Crippen LogP contribution in [0.2, 0.25) is 0 Å². The molecule has 0 heterocycles. The zero-order valence-corrected chi connectivity index (χ0v) is 27.9. The van der Waals surface area contributed by atoms with Gasteiger partial charge in [0.1, 0.15) is 0 Å². The van der Waals surface area contributed by atoms with Gasteiger partial charge in [-0.1, -0.05) is 23.5 Å². The highest BCUT2D eigenvalue weighted by Crippen LogP contribution is 2.08. The minimum Gasteiger partial charge on any atom is -0.396 e. The molecule has 10 nitrogen and oxygen atoms in total. The molecule has 0 spiro atoms. The van der Waals surface area contributed by atoms with Crippen molar-refractivity contribution in [2.24, 2.45) is 9.98 Å². The van der Waals surface area contributed by atoms with E-state index < -0.39 is 21.6 Å². The average Bonchev–Trinajstić information content (AvgIpc) is 2.92. The van der Waals surface area contributed by atoms with Crippen LogP contribution in [0, 0.1) is 0 Å². The third-order valence-corrected chi connectivity index (χ3v) is 11.3. The van der Waals surface area contributed by atoms with Crippen LogP contribution in [0.5, 0.6) is 0 Å². The monoisotopic (exact) mass is 682 g/mol. The Kier molecular flexibility index (Phi) is 31.4. The number of hydrogen-bond donors (Lipinski definition) is 4. The molecule has 17 heteroatoms. The summed E-state index contributed by atoms with van der Waals surface area (Å²) in [4.78, 5) is 31.7. The fourth-order valence-corrected chi connectivity index (χ4v) is 7.97. The number of aliphatic imine (C=N–C) groups is 2. The highest BCUT2D eigenvalue weighted by atomic mass is 32.2. The van der Waals surface area contributed by atoms with Crippen molar-refractivity contribution in [2.75, 3.05) is 96.9 Å². The third-order valence-electron chi connectivity index (χ3n) is 4.07. The minimum absolute atomic E-state index is 0.0393. The molecule has 0 aromatic carbocycles. The van der Waals surface area contributed by atoms with Crippen LogP contribution in [-0.2, 0) is 21.6 Å². The van der Waals surface area contributed by atoms with Gasteiger partial charge in [0.25, 0.3) is 10.5 Å². The summed E-state index contributed by atoms with van der Waals surface area (Å²) in [5.74, 6) is 7.05. The Morgan fingerprint density at radius 3 is 1.72 bits per heavy atom. The highest BCUT2D eigenvalue weighted by Gasteiger charge is 2.03. The molecule has 2 atom stereocenters. The predicted molar refractivity (Wildman–Crippen MR) is 180 cm³/mol. The number of aliphatic hydroxyl groups is 2. The molecule has 228 valence electrons. The van der Waals surface area contributed by atoms with Crippen molar-refractivity contribution in [1.82, 2.24) is 10.6 Å². The lowest BCUT2D eigenvalue weighted by molar-refractivity contribution is 0.260. The van der Waals surface area contributed by atoms with Crippen molar-refractivity contribution in [2.45, 2.75) is 12.8 Å². The molecule has 0 bridgehead atoms. The van der Waals surface area contributed by atoms with Gasteiger partial charge < -0.3 is 20.8 Å². The second kappa shape index (κ2) is 31.2. The van der Waals surface area contributed by atoms with Gasteiger partial charge in [0.05, 0.1) is 32.7 Å². The maximum Gasteiger partial charge on any atom is 0.279 e. The van der Waals surface area contributed by atoms with Crippen LogP contribution in [0.1, 0.15) is 12.8 Å². The number of nitrogens with zero attached hydrogens (tertiary/aromatic N) is 2. The van der Waals surface area contributed by atoms with E-state index >= 15 is 0 Å². The normalized spacial score (nSPS) is 13.2. The molecule has 0 aliphatic rings. The Hall–Kier alpha value is 0.250. The second-order valence-corrected chi connectivity index (χ2v) is 15.9. The summed E-state index contributed by atoms with van der Waals surface area (Å²) in [5.41, 5.74) is 2.95. The number of carbonyl (C=O) groups excluding carboxylic acids is 2. The average molecular weight is 683 g/mol. The topological polar surface area (TPSA) is 158 Å². The highest BCUT2D eigenvalue weighted by molar-refractivity contribution is 8.14. The summed E-state index contributed by atoms with van der Waals surface area (Å²) in [7, 11) is -2.19. The molecule has 0 saturated carbocycles. The van der Waals surface area contributed by atoms with E-state index in [-0.39, 0.29) is 23.7 Å². The Bertz CT molecular complexity index is 735. The first-order valence-corrected chi connectivity index (χ1v) is 20.7. The lowest BCUT2D eigenvalue weighted by atomic mass is 10.5. The predicted octanol–water partition coefficient (Wildman–Crippen LogP) is 2.39. The molecule has 0 fully saturated rings. The molecule has 4 N–H and O–H groups in total. The van der Waals surface area contributed by atoms with Gasteiger partial charge in [-0.3, -0.25) is 28.0 Å². The molecule has 0 aliphatic carbocycles. The van der Waals surface area contributed by atoms with Crippen LogP contribution >= 0.6 is 58.8 Å². The summed E-state index contributed by atoms with van der Waals surface area (Å²) < 4.78 is 23.4. The number of hydrogen-bond acceptors (Lipinski definition) is 13. The van der Waals surface area contributed by atoms with Crippen LogP contribution in [0.3, 0.4) is 0 Å². The second-order valence-electron chi connectivity index (χ2n) is 7.31. The summed E-state index contributed by atoms with van der Waals surface area (Å²) in [6.07, 6.45) is 1.13. The van der Waals surface area contributed by atoms with Crippen LogP contribution in [0.25, 0.3) is 0 Å². The van der Waals surface area contributed by atoms with Gasteiger partial charge >= 0.3 is 0 Å². The Morgan fingerprint density at radius 1 is 0.641 bits per heavy atom. The summed E-state index contributed by atoms with van der Waals surface area (Å²) >= 11 is 7.46. The van der Waals surface area contributed by atoms with E-state index in [0.29, 0.717) is 62.0 Å². The first kappa shape index (κ1) is 39.2. The van der Waals surface area contributed by atoms with E-state index in [4.69, 9.17) is 10.2 Å². The molecular weight excluding hydrogens is 641 g/mol. The first-order chi connectivity index (χ1) is 19.0. The molecule has 0 radical (unpaired) electrons. The number of thioether (sulfide) groups is 5. The van der Waals surface area contributed by atoms with Crippen molar-refractivity contribution < 1.29 is 28.2 Å². The molecule has 0 aromatic heterocycles.